The summed E-state index contributed by atoms with van der Waals surface area (Å²) in [6, 6.07) is 2.60. The number of rotatable bonds is 3. The summed E-state index contributed by atoms with van der Waals surface area (Å²) in [7, 11) is 3.04. The van der Waals surface area contributed by atoms with Crippen molar-refractivity contribution in [3.05, 3.63) is 22.2 Å². The zero-order chi connectivity index (χ0) is 9.84. The molecule has 0 aliphatic carbocycles. The first-order chi connectivity index (χ1) is 6.17. The average Bonchev–Trinajstić information content (AvgIpc) is 2.16. The summed E-state index contributed by atoms with van der Waals surface area (Å²) in [5.41, 5.74) is -0.0452. The summed E-state index contributed by atoms with van der Waals surface area (Å²) in [6.07, 6.45) is 0. The van der Waals surface area contributed by atoms with E-state index in [0.29, 0.717) is 5.82 Å². The van der Waals surface area contributed by atoms with Crippen LogP contribution in [0.25, 0.3) is 0 Å². The number of nitrogens with one attached hydrogen (secondary N) is 1. The van der Waals surface area contributed by atoms with E-state index in [9.17, 15) is 10.1 Å². The summed E-state index contributed by atoms with van der Waals surface area (Å²) >= 11 is 0. The fourth-order valence-electron chi connectivity index (χ4n) is 0.830. The van der Waals surface area contributed by atoms with Crippen molar-refractivity contribution in [1.29, 1.82) is 0 Å². The van der Waals surface area contributed by atoms with Gasteiger partial charge in [-0.2, -0.15) is 4.98 Å². The van der Waals surface area contributed by atoms with E-state index in [1.165, 1.54) is 19.2 Å². The van der Waals surface area contributed by atoms with Gasteiger partial charge in [0.15, 0.2) is 0 Å². The third-order valence-corrected chi connectivity index (χ3v) is 1.46. The van der Waals surface area contributed by atoms with Crippen molar-refractivity contribution in [1.82, 2.24) is 4.98 Å². The summed E-state index contributed by atoms with van der Waals surface area (Å²) in [6.45, 7) is 0. The molecule has 0 atom stereocenters. The maximum atomic E-state index is 10.4. The highest BCUT2D eigenvalue weighted by Gasteiger charge is 2.10. The molecule has 70 valence electrons. The molecule has 1 aromatic heterocycles. The predicted octanol–water partition coefficient (Wildman–Crippen LogP) is 1.04. The van der Waals surface area contributed by atoms with Crippen LogP contribution in [0.2, 0.25) is 0 Å². The van der Waals surface area contributed by atoms with Crippen LogP contribution in [0.15, 0.2) is 12.1 Å². The number of hydrogen-bond donors (Lipinski definition) is 1. The van der Waals surface area contributed by atoms with Gasteiger partial charge < -0.3 is 10.1 Å². The Morgan fingerprint density at radius 1 is 1.62 bits per heavy atom. The number of nitrogens with zero attached hydrogens (tertiary/aromatic N) is 2. The Morgan fingerprint density at radius 3 is 2.77 bits per heavy atom. The highest BCUT2D eigenvalue weighted by molar-refractivity contribution is 5.47. The second-order valence-electron chi connectivity index (χ2n) is 2.26. The first-order valence-corrected chi connectivity index (χ1v) is 3.55. The van der Waals surface area contributed by atoms with E-state index in [1.807, 2.05) is 0 Å². The molecule has 0 fully saturated rings. The van der Waals surface area contributed by atoms with Crippen molar-refractivity contribution in [2.75, 3.05) is 19.5 Å². The van der Waals surface area contributed by atoms with E-state index in [0.717, 1.165) is 0 Å². The van der Waals surface area contributed by atoms with E-state index in [1.54, 1.807) is 7.05 Å². The van der Waals surface area contributed by atoms with Gasteiger partial charge in [0, 0.05) is 7.05 Å². The lowest BCUT2D eigenvalue weighted by molar-refractivity contribution is -0.384. The van der Waals surface area contributed by atoms with Gasteiger partial charge >= 0.3 is 0 Å². The first kappa shape index (κ1) is 9.24. The van der Waals surface area contributed by atoms with Gasteiger partial charge in [-0.3, -0.25) is 10.1 Å². The molecule has 1 N–H and O–H groups in total. The molecule has 6 nitrogen and oxygen atoms in total. The van der Waals surface area contributed by atoms with Crippen LogP contribution < -0.4 is 10.1 Å². The summed E-state index contributed by atoms with van der Waals surface area (Å²) in [5.74, 6) is 0.629. The molecule has 0 saturated carbocycles. The van der Waals surface area contributed by atoms with Crippen LogP contribution in [0, 0.1) is 10.1 Å². The molecule has 0 amide bonds. The highest BCUT2D eigenvalue weighted by atomic mass is 16.6. The SMILES string of the molecule is CNc1cc([N+](=O)[O-])cc(OC)n1. The Hall–Kier alpha value is -1.85. The fourth-order valence-corrected chi connectivity index (χ4v) is 0.830. The van der Waals surface area contributed by atoms with Gasteiger partial charge in [-0.05, 0) is 0 Å². The predicted molar refractivity (Wildman–Crippen MR) is 47.0 cm³/mol. The van der Waals surface area contributed by atoms with Crippen LogP contribution >= 0.6 is 0 Å². The Labute approximate surface area is 74.7 Å². The van der Waals surface area contributed by atoms with Gasteiger partial charge in [-0.1, -0.05) is 0 Å². The van der Waals surface area contributed by atoms with E-state index >= 15 is 0 Å². The minimum atomic E-state index is -0.495. The number of pyridine rings is 1. The molecule has 0 bridgehead atoms. The molecule has 0 saturated heterocycles. The maximum Gasteiger partial charge on any atom is 0.278 e. The molecule has 1 rings (SSSR count). The van der Waals surface area contributed by atoms with Gasteiger partial charge in [0.2, 0.25) is 5.88 Å². The number of nitro groups is 1. The highest BCUT2D eigenvalue weighted by Crippen LogP contribution is 2.21. The van der Waals surface area contributed by atoms with E-state index in [-0.39, 0.29) is 11.6 Å². The van der Waals surface area contributed by atoms with Crippen molar-refractivity contribution >= 4 is 11.5 Å². The second kappa shape index (κ2) is 3.70. The van der Waals surface area contributed by atoms with E-state index in [4.69, 9.17) is 4.74 Å². The lowest BCUT2D eigenvalue weighted by Gasteiger charge is -2.02. The standard InChI is InChI=1S/C7H9N3O3/c1-8-6-3-5(10(11)12)4-7(9-6)13-2/h3-4H,1-2H3,(H,8,9). The molecule has 13 heavy (non-hydrogen) atoms. The van der Waals surface area contributed by atoms with Crippen LogP contribution in [0.5, 0.6) is 5.88 Å². The Bertz CT molecular complexity index is 305. The van der Waals surface area contributed by atoms with Gasteiger partial charge in [-0.25, -0.2) is 0 Å². The first-order valence-electron chi connectivity index (χ1n) is 3.55. The second-order valence-corrected chi connectivity index (χ2v) is 2.26. The Kier molecular flexibility index (Phi) is 2.63. The molecule has 0 aliphatic rings. The molecule has 0 aromatic carbocycles. The van der Waals surface area contributed by atoms with Crippen molar-refractivity contribution in [2.45, 2.75) is 0 Å². The smallest absolute Gasteiger partial charge is 0.278 e. The van der Waals surface area contributed by atoms with E-state index < -0.39 is 4.92 Å². The Morgan fingerprint density at radius 2 is 2.31 bits per heavy atom. The quantitative estimate of drug-likeness (QED) is 0.559. The van der Waals surface area contributed by atoms with Crippen molar-refractivity contribution in [3.63, 3.8) is 0 Å². The van der Waals surface area contributed by atoms with Crippen LogP contribution in [0.4, 0.5) is 11.5 Å². The number of aromatic nitrogens is 1. The molecular formula is C7H9N3O3. The molecular weight excluding hydrogens is 174 g/mol. The third-order valence-electron chi connectivity index (χ3n) is 1.46. The average molecular weight is 183 g/mol. The van der Waals surface area contributed by atoms with Crippen LogP contribution in [-0.2, 0) is 0 Å². The lowest BCUT2D eigenvalue weighted by atomic mass is 10.4. The molecule has 0 spiro atoms. The van der Waals surface area contributed by atoms with Gasteiger partial charge in [0.25, 0.3) is 5.69 Å². The van der Waals surface area contributed by atoms with Gasteiger partial charge in [-0.15, -0.1) is 0 Å². The van der Waals surface area contributed by atoms with Gasteiger partial charge in [0.1, 0.15) is 5.82 Å². The molecule has 6 heteroatoms. The topological polar surface area (TPSA) is 77.3 Å². The van der Waals surface area contributed by atoms with Crippen molar-refractivity contribution < 1.29 is 9.66 Å². The summed E-state index contributed by atoms with van der Waals surface area (Å²) in [5, 5.41) is 13.1. The number of methoxy groups -OCH3 is 1. The number of anilines is 1. The fraction of sp³-hybridized carbons (Fsp3) is 0.286. The molecule has 1 heterocycles. The minimum Gasteiger partial charge on any atom is -0.481 e. The summed E-state index contributed by atoms with van der Waals surface area (Å²) < 4.78 is 4.79. The zero-order valence-electron chi connectivity index (χ0n) is 7.27. The largest absolute Gasteiger partial charge is 0.481 e. The number of ether oxygens (including phenoxy) is 1. The Balaban J connectivity index is 3.14. The molecule has 0 unspecified atom stereocenters. The van der Waals surface area contributed by atoms with Crippen LogP contribution in [0.1, 0.15) is 0 Å². The minimum absolute atomic E-state index is 0.0452. The van der Waals surface area contributed by atoms with Gasteiger partial charge in [0.05, 0.1) is 24.2 Å². The maximum absolute atomic E-state index is 10.4. The zero-order valence-corrected chi connectivity index (χ0v) is 7.27. The monoisotopic (exact) mass is 183 g/mol. The van der Waals surface area contributed by atoms with Crippen LogP contribution in [-0.4, -0.2) is 24.1 Å². The third kappa shape index (κ3) is 2.05. The summed E-state index contributed by atoms with van der Waals surface area (Å²) in [4.78, 5) is 13.9. The van der Waals surface area contributed by atoms with Crippen molar-refractivity contribution in [2.24, 2.45) is 0 Å². The number of hydrogen-bond acceptors (Lipinski definition) is 5. The van der Waals surface area contributed by atoms with Crippen LogP contribution in [0.3, 0.4) is 0 Å². The van der Waals surface area contributed by atoms with Crippen molar-refractivity contribution in [3.8, 4) is 5.88 Å². The lowest BCUT2D eigenvalue weighted by Crippen LogP contribution is -1.97. The molecule has 0 radical (unpaired) electrons. The molecule has 1 aromatic rings. The molecule has 0 aliphatic heterocycles. The normalized spacial score (nSPS) is 9.38. The van der Waals surface area contributed by atoms with E-state index in [2.05, 4.69) is 10.3 Å².